The van der Waals surface area contributed by atoms with Crippen LogP contribution in [0, 0.1) is 0 Å². The first-order chi connectivity index (χ1) is 21.1. The van der Waals surface area contributed by atoms with Gasteiger partial charge in [-0.05, 0) is 58.1 Å². The number of hydrogen-bond acceptors (Lipinski definition) is 5. The van der Waals surface area contributed by atoms with Crippen LogP contribution in [0.25, 0.3) is 32.3 Å². The van der Waals surface area contributed by atoms with Crippen molar-refractivity contribution in [3.8, 4) is 33.8 Å². The third-order valence-corrected chi connectivity index (χ3v) is 8.73. The van der Waals surface area contributed by atoms with Crippen molar-refractivity contribution >= 4 is 27.4 Å². The number of carbonyl (C=O) groups is 1. The van der Waals surface area contributed by atoms with Crippen molar-refractivity contribution in [3.63, 3.8) is 0 Å². The van der Waals surface area contributed by atoms with Gasteiger partial charge in [0, 0.05) is 33.4 Å². The Balaban J connectivity index is 1.22. The van der Waals surface area contributed by atoms with Crippen LogP contribution in [0.4, 0.5) is 0 Å². The minimum Gasteiger partial charge on any atom is -0.497 e. The summed E-state index contributed by atoms with van der Waals surface area (Å²) in [7, 11) is 3.08. The third-order valence-electron chi connectivity index (χ3n) is 7.56. The maximum absolute atomic E-state index is 12.4. The minimum absolute atomic E-state index is 0.393. The Morgan fingerprint density at radius 3 is 1.93 bits per heavy atom. The van der Waals surface area contributed by atoms with Gasteiger partial charge in [0.25, 0.3) is 0 Å². The third kappa shape index (κ3) is 6.47. The van der Waals surface area contributed by atoms with Crippen molar-refractivity contribution in [3.05, 3.63) is 143 Å². The van der Waals surface area contributed by atoms with Crippen LogP contribution in [0.2, 0.25) is 0 Å². The molecule has 0 N–H and O–H groups in total. The Kier molecular flexibility index (Phi) is 8.52. The maximum atomic E-state index is 12.4. The van der Waals surface area contributed by atoms with Gasteiger partial charge < -0.3 is 14.2 Å². The van der Waals surface area contributed by atoms with E-state index in [4.69, 9.17) is 14.2 Å². The van der Waals surface area contributed by atoms with Gasteiger partial charge in [-0.1, -0.05) is 97.1 Å². The van der Waals surface area contributed by atoms with E-state index in [1.165, 1.54) is 38.8 Å². The summed E-state index contributed by atoms with van der Waals surface area (Å²) in [6, 6.07) is 43.4. The Labute approximate surface area is 256 Å². The molecule has 0 unspecified atom stereocenters. The first-order valence-electron chi connectivity index (χ1n) is 14.2. The lowest BCUT2D eigenvalue weighted by atomic mass is 9.96. The molecule has 0 aliphatic rings. The Morgan fingerprint density at radius 2 is 1.26 bits per heavy atom. The molecular weight excluding hydrogens is 552 g/mol. The number of hydrogen-bond donors (Lipinski definition) is 0. The molecule has 0 amide bonds. The van der Waals surface area contributed by atoms with Gasteiger partial charge in [0.15, 0.2) is 6.10 Å². The van der Waals surface area contributed by atoms with Crippen molar-refractivity contribution in [2.75, 3.05) is 14.2 Å². The molecule has 0 saturated carbocycles. The molecule has 43 heavy (non-hydrogen) atoms. The molecule has 0 spiro atoms. The fourth-order valence-corrected chi connectivity index (χ4v) is 6.58. The second-order valence-electron chi connectivity index (χ2n) is 10.3. The second kappa shape index (κ2) is 13.0. The second-order valence-corrected chi connectivity index (χ2v) is 11.5. The van der Waals surface area contributed by atoms with Crippen LogP contribution in [0.1, 0.15) is 16.0 Å². The lowest BCUT2D eigenvalue weighted by Gasteiger charge is -2.17. The van der Waals surface area contributed by atoms with Crippen LogP contribution in [-0.4, -0.2) is 26.3 Å². The molecule has 5 heteroatoms. The number of benzene rings is 5. The Bertz CT molecular complexity index is 1810. The monoisotopic (exact) mass is 584 g/mol. The van der Waals surface area contributed by atoms with E-state index in [-0.39, 0.29) is 0 Å². The normalized spacial score (nSPS) is 11.7. The SMILES string of the molecule is COC(=O)[C@@H](Cc1ccccc1)Oc1ccc(-c2ccc(-c3c(Cc4ccc(OC)cc4)sc4ccccc34)cc2)cc1. The smallest absolute Gasteiger partial charge is 0.347 e. The van der Waals surface area contributed by atoms with Crippen molar-refractivity contribution in [1.82, 2.24) is 0 Å². The highest BCUT2D eigenvalue weighted by molar-refractivity contribution is 7.19. The summed E-state index contributed by atoms with van der Waals surface area (Å²) < 4.78 is 17.7. The quantitative estimate of drug-likeness (QED) is 0.151. The van der Waals surface area contributed by atoms with Crippen LogP contribution >= 0.6 is 11.3 Å². The average Bonchev–Trinajstić information content (AvgIpc) is 3.43. The van der Waals surface area contributed by atoms with Gasteiger partial charge in [-0.3, -0.25) is 0 Å². The van der Waals surface area contributed by atoms with Crippen molar-refractivity contribution < 1.29 is 19.0 Å². The fraction of sp³-hybridized carbons (Fsp3) is 0.132. The average molecular weight is 585 g/mol. The lowest BCUT2D eigenvalue weighted by molar-refractivity contribution is -0.148. The van der Waals surface area contributed by atoms with Crippen molar-refractivity contribution in [2.24, 2.45) is 0 Å². The van der Waals surface area contributed by atoms with Crippen LogP contribution in [0.5, 0.6) is 11.5 Å². The number of methoxy groups -OCH3 is 2. The highest BCUT2D eigenvalue weighted by atomic mass is 32.1. The van der Waals surface area contributed by atoms with E-state index in [1.54, 1.807) is 7.11 Å². The molecule has 1 heterocycles. The Morgan fingerprint density at radius 1 is 0.651 bits per heavy atom. The van der Waals surface area contributed by atoms with Gasteiger partial charge in [-0.25, -0.2) is 4.79 Å². The largest absolute Gasteiger partial charge is 0.497 e. The number of ether oxygens (including phenoxy) is 3. The molecule has 214 valence electrons. The number of esters is 1. The molecular formula is C38H32O4S. The highest BCUT2D eigenvalue weighted by Gasteiger charge is 2.22. The van der Waals surface area contributed by atoms with Gasteiger partial charge in [-0.2, -0.15) is 0 Å². The van der Waals surface area contributed by atoms with E-state index in [2.05, 4.69) is 60.7 Å². The summed E-state index contributed by atoms with van der Waals surface area (Å²) in [5.41, 5.74) is 6.95. The fourth-order valence-electron chi connectivity index (χ4n) is 5.32. The van der Waals surface area contributed by atoms with Crippen LogP contribution in [-0.2, 0) is 22.4 Å². The molecule has 6 rings (SSSR count). The molecule has 0 aliphatic carbocycles. The zero-order chi connectivity index (χ0) is 29.6. The molecule has 0 bridgehead atoms. The minimum atomic E-state index is -0.718. The van der Waals surface area contributed by atoms with E-state index in [9.17, 15) is 4.79 Å². The van der Waals surface area contributed by atoms with Gasteiger partial charge in [-0.15, -0.1) is 11.3 Å². The van der Waals surface area contributed by atoms with Gasteiger partial charge in [0.05, 0.1) is 14.2 Å². The van der Waals surface area contributed by atoms with Crippen molar-refractivity contribution in [2.45, 2.75) is 18.9 Å². The summed E-state index contributed by atoms with van der Waals surface area (Å²) in [6.45, 7) is 0. The van der Waals surface area contributed by atoms with E-state index in [1.807, 2.05) is 78.1 Å². The predicted octanol–water partition coefficient (Wildman–Crippen LogP) is 9.00. The molecule has 0 fully saturated rings. The van der Waals surface area contributed by atoms with Crippen LogP contribution in [0.3, 0.4) is 0 Å². The van der Waals surface area contributed by atoms with Gasteiger partial charge in [0.1, 0.15) is 11.5 Å². The molecule has 1 atom stereocenters. The summed E-state index contributed by atoms with van der Waals surface area (Å²) >= 11 is 1.86. The van der Waals surface area contributed by atoms with E-state index >= 15 is 0 Å². The number of thiophene rings is 1. The van der Waals surface area contributed by atoms with Crippen LogP contribution < -0.4 is 9.47 Å². The molecule has 1 aromatic heterocycles. The Hall–Kier alpha value is -4.87. The first-order valence-corrected chi connectivity index (χ1v) is 15.1. The zero-order valence-corrected chi connectivity index (χ0v) is 25.0. The molecule has 0 aliphatic heterocycles. The topological polar surface area (TPSA) is 44.8 Å². The molecule has 6 aromatic rings. The van der Waals surface area contributed by atoms with Crippen LogP contribution in [0.15, 0.2) is 127 Å². The summed E-state index contributed by atoms with van der Waals surface area (Å²) in [5.74, 6) is 1.10. The first kappa shape index (κ1) is 28.3. The number of carbonyl (C=O) groups excluding carboxylic acids is 1. The van der Waals surface area contributed by atoms with E-state index < -0.39 is 12.1 Å². The highest BCUT2D eigenvalue weighted by Crippen LogP contribution is 2.40. The van der Waals surface area contributed by atoms with Crippen molar-refractivity contribution in [1.29, 1.82) is 0 Å². The molecule has 4 nitrogen and oxygen atoms in total. The lowest BCUT2D eigenvalue weighted by Crippen LogP contribution is -2.30. The zero-order valence-electron chi connectivity index (χ0n) is 24.2. The molecule has 5 aromatic carbocycles. The van der Waals surface area contributed by atoms with E-state index in [0.29, 0.717) is 12.2 Å². The number of rotatable bonds is 10. The standard InChI is InChI=1S/C38H32O4S/c1-40-31-20-12-27(13-21-31)25-36-37(33-10-6-7-11-35(33)43-36)30-16-14-28(15-17-30)29-18-22-32(23-19-29)42-34(38(39)41-2)24-26-8-4-3-5-9-26/h3-23,34H,24-25H2,1-2H3/t34-/m1/s1. The van der Waals surface area contributed by atoms with E-state index in [0.717, 1.165) is 28.9 Å². The number of fused-ring (bicyclic) bond motifs is 1. The van der Waals surface area contributed by atoms with Gasteiger partial charge in [0.2, 0.25) is 0 Å². The van der Waals surface area contributed by atoms with Gasteiger partial charge >= 0.3 is 5.97 Å². The molecule has 0 saturated heterocycles. The molecule has 0 radical (unpaired) electrons. The maximum Gasteiger partial charge on any atom is 0.347 e. The summed E-state index contributed by atoms with van der Waals surface area (Å²) in [6.07, 6.45) is 0.581. The summed E-state index contributed by atoms with van der Waals surface area (Å²) in [4.78, 5) is 13.8. The predicted molar refractivity (Wildman–Crippen MR) is 175 cm³/mol. The summed E-state index contributed by atoms with van der Waals surface area (Å²) in [5, 5.41) is 1.28.